The molecule has 230 valence electrons. The Balaban J connectivity index is 0.000000646. The van der Waals surface area contributed by atoms with E-state index in [1.807, 2.05) is 6.07 Å². The van der Waals surface area contributed by atoms with Crippen LogP contribution in [0.15, 0.2) is 58.6 Å². The highest BCUT2D eigenvalue weighted by molar-refractivity contribution is 7.90. The molecule has 0 radical (unpaired) electrons. The van der Waals surface area contributed by atoms with Crippen molar-refractivity contribution < 1.29 is 59.3 Å². The second-order valence-electron chi connectivity index (χ2n) is 9.14. The number of anilines is 1. The molecule has 43 heavy (non-hydrogen) atoms. The van der Waals surface area contributed by atoms with Gasteiger partial charge in [0, 0.05) is 6.26 Å². The van der Waals surface area contributed by atoms with Gasteiger partial charge in [-0.3, -0.25) is 9.69 Å². The number of nitrogens with zero attached hydrogens (tertiary/aromatic N) is 2. The highest BCUT2D eigenvalue weighted by Gasteiger charge is 2.45. The molecule has 18 heteroatoms. The maximum atomic E-state index is 13.4. The van der Waals surface area contributed by atoms with E-state index < -0.39 is 51.7 Å². The minimum absolute atomic E-state index is 0.00109. The van der Waals surface area contributed by atoms with Gasteiger partial charge in [0.05, 0.1) is 51.6 Å². The van der Waals surface area contributed by atoms with Gasteiger partial charge in [0.15, 0.2) is 9.84 Å². The predicted octanol–water partition coefficient (Wildman–Crippen LogP) is 0.754. The van der Waals surface area contributed by atoms with Gasteiger partial charge in [-0.25, -0.2) is 18.2 Å². The number of carboxylic acids is 1. The lowest BCUT2D eigenvalue weighted by Gasteiger charge is -2.40. The monoisotopic (exact) mass is 633 g/mol. The van der Waals surface area contributed by atoms with Gasteiger partial charge in [-0.15, -0.1) is 0 Å². The average Bonchev–Trinajstić information content (AvgIpc) is 2.91. The molecule has 2 unspecified atom stereocenters. The average molecular weight is 634 g/mol. The van der Waals surface area contributed by atoms with Crippen LogP contribution in [0.5, 0.6) is 0 Å². The van der Waals surface area contributed by atoms with Crippen LogP contribution in [0.25, 0.3) is 0 Å². The number of nitrogens with one attached hydrogen (secondary N) is 3. The molecule has 2 aromatic rings. The Labute approximate surface area is 239 Å². The van der Waals surface area contributed by atoms with Crippen molar-refractivity contribution in [1.29, 1.82) is 5.26 Å². The van der Waals surface area contributed by atoms with Gasteiger partial charge < -0.3 is 15.2 Å². The summed E-state index contributed by atoms with van der Waals surface area (Å²) in [4.78, 5) is 36.1. The van der Waals surface area contributed by atoms with E-state index in [1.54, 1.807) is 6.92 Å². The van der Waals surface area contributed by atoms with Crippen LogP contribution in [0.2, 0.25) is 0 Å². The molecular formula is C25H21F6N5O6S. The molecule has 0 fully saturated rings. The lowest BCUT2D eigenvalue weighted by molar-refractivity contribution is -0.931. The minimum atomic E-state index is -5.19. The molecule has 2 heterocycles. The van der Waals surface area contributed by atoms with E-state index in [9.17, 15) is 49.6 Å². The van der Waals surface area contributed by atoms with Gasteiger partial charge in [-0.05, 0) is 42.8 Å². The van der Waals surface area contributed by atoms with E-state index >= 15 is 0 Å². The zero-order chi connectivity index (χ0) is 32.5. The van der Waals surface area contributed by atoms with Crippen molar-refractivity contribution in [3.63, 3.8) is 0 Å². The number of hydrogen-bond acceptors (Lipinski definition) is 7. The summed E-state index contributed by atoms with van der Waals surface area (Å²) in [7, 11) is -3.89. The predicted molar refractivity (Wildman–Crippen MR) is 132 cm³/mol. The summed E-state index contributed by atoms with van der Waals surface area (Å²) >= 11 is 0. The van der Waals surface area contributed by atoms with Crippen LogP contribution < -0.4 is 25.8 Å². The van der Waals surface area contributed by atoms with Crippen molar-refractivity contribution in [2.24, 2.45) is 0 Å². The molecule has 0 saturated heterocycles. The number of benzene rings is 2. The fourth-order valence-corrected chi connectivity index (χ4v) is 5.24. The number of carbonyl (C=O) groups excluding carboxylic acids is 3. The number of quaternary nitrogens is 1. The molecule has 11 nitrogen and oxygen atoms in total. The molecular weight excluding hydrogens is 612 g/mol. The number of carboxylic acid groups (broad SMARTS) is 1. The van der Waals surface area contributed by atoms with Gasteiger partial charge >= 0.3 is 18.4 Å². The van der Waals surface area contributed by atoms with Gasteiger partial charge in [0.2, 0.25) is 0 Å². The molecule has 0 spiro atoms. The Bertz CT molecular complexity index is 1650. The summed E-state index contributed by atoms with van der Waals surface area (Å²) in [5.41, 5.74) is 1.94. The molecule has 0 aromatic heterocycles. The number of sulfone groups is 1. The summed E-state index contributed by atoms with van der Waals surface area (Å²) in [5.74, 6) is -3.62. The van der Waals surface area contributed by atoms with Crippen LogP contribution in [0.1, 0.15) is 29.7 Å². The number of likely N-dealkylation sites (N-methyl/N-ethyl adjacent to an activating group) is 1. The SMILES string of the molecule is CC[NH+]1CC2=C(C(=O)N1)C(c1ccc(C#N)cc1S(C)(=O)=O)NC(=O)N2c1cccc(C(F)(F)F)c1.O=C([O-])C(F)(F)F. The molecule has 0 saturated carbocycles. The first-order valence-electron chi connectivity index (χ1n) is 12.0. The number of amides is 3. The second-order valence-corrected chi connectivity index (χ2v) is 11.1. The molecule has 3 N–H and O–H groups in total. The molecule has 2 aliphatic rings. The molecule has 4 rings (SSSR count). The Morgan fingerprint density at radius 3 is 2.28 bits per heavy atom. The number of alkyl halides is 6. The number of urea groups is 1. The van der Waals surface area contributed by atoms with Gasteiger partial charge in [-0.1, -0.05) is 12.1 Å². The summed E-state index contributed by atoms with van der Waals surface area (Å²) in [6, 6.07) is 7.83. The van der Waals surface area contributed by atoms with Crippen LogP contribution in [0, 0.1) is 11.3 Å². The van der Waals surface area contributed by atoms with Gasteiger partial charge in [0.25, 0.3) is 5.91 Å². The summed E-state index contributed by atoms with van der Waals surface area (Å²) in [5, 5.41) is 21.1. The fourth-order valence-electron chi connectivity index (χ4n) is 4.29. The summed E-state index contributed by atoms with van der Waals surface area (Å²) < 4.78 is 96.7. The fraction of sp³-hybridized carbons (Fsp3) is 0.280. The van der Waals surface area contributed by atoms with Crippen molar-refractivity contribution in [1.82, 2.24) is 10.7 Å². The second kappa shape index (κ2) is 11.9. The standard InChI is InChI=1S/C23H20F3N5O4S.C2HF3O2/c1-3-30-12-17-19(21(32)29-30)20(16-8-7-13(11-27)9-18(16)36(2,34)35)28-22(33)31(17)15-6-4-5-14(10-15)23(24,25)26;3-2(4,5)1(6)7/h4-10,20H,3,12H2,1-2H3,(H,28,33)(H,29,32);(H,6,7). The van der Waals surface area contributed by atoms with Gasteiger partial charge in [0.1, 0.15) is 12.5 Å². The number of carbonyl (C=O) groups is 3. The van der Waals surface area contributed by atoms with E-state index in [1.165, 1.54) is 18.2 Å². The number of halogens is 6. The third kappa shape index (κ3) is 7.24. The zero-order valence-electron chi connectivity index (χ0n) is 22.1. The van der Waals surface area contributed by atoms with E-state index in [-0.39, 0.29) is 39.5 Å². The normalized spacial score (nSPS) is 18.9. The summed E-state index contributed by atoms with van der Waals surface area (Å²) in [6.07, 6.45) is -8.91. The molecule has 3 amide bonds. The third-order valence-corrected chi connectivity index (χ3v) is 7.35. The lowest BCUT2D eigenvalue weighted by Crippen LogP contribution is -3.20. The van der Waals surface area contributed by atoms with Gasteiger partial charge in [-0.2, -0.15) is 37.0 Å². The number of aliphatic carboxylic acids is 1. The highest BCUT2D eigenvalue weighted by Crippen LogP contribution is 2.38. The van der Waals surface area contributed by atoms with E-state index in [2.05, 4.69) is 10.7 Å². The Morgan fingerprint density at radius 2 is 1.77 bits per heavy atom. The first kappa shape index (κ1) is 32.9. The quantitative estimate of drug-likeness (QED) is 0.419. The molecule has 2 atom stereocenters. The largest absolute Gasteiger partial charge is 0.542 e. The van der Waals surface area contributed by atoms with E-state index in [4.69, 9.17) is 9.90 Å². The Morgan fingerprint density at radius 1 is 1.14 bits per heavy atom. The lowest BCUT2D eigenvalue weighted by atomic mass is 9.92. The number of hydrogen-bond donors (Lipinski definition) is 3. The first-order valence-corrected chi connectivity index (χ1v) is 13.9. The topological polar surface area (TPSA) is 164 Å². The highest BCUT2D eigenvalue weighted by atomic mass is 32.2. The maximum Gasteiger partial charge on any atom is 0.430 e. The Hall–Kier alpha value is -4.63. The third-order valence-electron chi connectivity index (χ3n) is 6.20. The molecule has 2 aliphatic heterocycles. The maximum absolute atomic E-state index is 13.4. The van der Waals surface area contributed by atoms with Crippen molar-refractivity contribution in [2.45, 2.75) is 30.2 Å². The molecule has 0 bridgehead atoms. The number of rotatable bonds is 4. The van der Waals surface area contributed by atoms with Crippen LogP contribution in [-0.4, -0.2) is 51.8 Å². The minimum Gasteiger partial charge on any atom is -0.542 e. The van der Waals surface area contributed by atoms with Crippen molar-refractivity contribution >= 4 is 33.4 Å². The van der Waals surface area contributed by atoms with Crippen LogP contribution in [0.4, 0.5) is 36.8 Å². The summed E-state index contributed by atoms with van der Waals surface area (Å²) in [6.45, 7) is 2.25. The van der Waals surface area contributed by atoms with E-state index in [0.29, 0.717) is 11.6 Å². The first-order chi connectivity index (χ1) is 19.8. The molecule has 0 aliphatic carbocycles. The van der Waals surface area contributed by atoms with Crippen LogP contribution in [-0.2, 0) is 25.6 Å². The van der Waals surface area contributed by atoms with Crippen LogP contribution >= 0.6 is 0 Å². The van der Waals surface area contributed by atoms with Crippen molar-refractivity contribution in [2.75, 3.05) is 24.2 Å². The number of nitriles is 1. The van der Waals surface area contributed by atoms with Crippen molar-refractivity contribution in [3.05, 3.63) is 70.4 Å². The van der Waals surface area contributed by atoms with Crippen LogP contribution in [0.3, 0.4) is 0 Å². The Kier molecular flexibility index (Phi) is 9.12. The van der Waals surface area contributed by atoms with E-state index in [0.717, 1.165) is 35.4 Å². The van der Waals surface area contributed by atoms with Crippen molar-refractivity contribution in [3.8, 4) is 6.07 Å². The molecule has 2 aromatic carbocycles. The zero-order valence-corrected chi connectivity index (χ0v) is 22.9. The smallest absolute Gasteiger partial charge is 0.430 e.